The lowest BCUT2D eigenvalue weighted by Crippen LogP contribution is -2.16. The molecule has 12 aromatic rings. The second-order valence-corrected chi connectivity index (χ2v) is 23.5. The summed E-state index contributed by atoms with van der Waals surface area (Å²) in [5, 5.41) is 9.43. The van der Waals surface area contributed by atoms with Crippen molar-refractivity contribution in [2.45, 2.75) is 61.8 Å². The van der Waals surface area contributed by atoms with Crippen LogP contribution in [0.15, 0.2) is 176 Å². The molecule has 104 heavy (non-hydrogen) atoms. The molecule has 0 saturated carbocycles. The monoisotopic (exact) mass is 1490 g/mol. The van der Waals surface area contributed by atoms with Crippen molar-refractivity contribution in [1.82, 2.24) is 9.13 Å². The minimum absolute atomic E-state index is 0.0238. The van der Waals surface area contributed by atoms with E-state index in [4.69, 9.17) is 0 Å². The highest BCUT2D eigenvalue weighted by molar-refractivity contribution is 6.14. The Bertz CT molecular complexity index is 4810. The van der Waals surface area contributed by atoms with Crippen LogP contribution in [0.1, 0.15) is 61.2 Å². The second-order valence-electron chi connectivity index (χ2n) is 23.5. The van der Waals surface area contributed by atoms with Gasteiger partial charge < -0.3 is 9.13 Å². The number of aromatic nitrogens is 2. The fourth-order valence-corrected chi connectivity index (χ4v) is 12.3. The van der Waals surface area contributed by atoms with Gasteiger partial charge in [0.1, 0.15) is 0 Å². The Morgan fingerprint density at radius 2 is 0.433 bits per heavy atom. The highest BCUT2D eigenvalue weighted by atomic mass is 19.4. The maximum Gasteiger partial charge on any atom is 0.417 e. The minimum atomic E-state index is -6.07. The Labute approximate surface area is 560 Å². The zero-order valence-electron chi connectivity index (χ0n) is 50.4. The molecule has 10 aromatic carbocycles. The van der Waals surface area contributed by atoms with Gasteiger partial charge in [-0.25, -0.2) is 0 Å². The molecule has 0 unspecified atom stereocenters. The van der Waals surface area contributed by atoms with Gasteiger partial charge in [-0.1, -0.05) is 54.6 Å². The maximum atomic E-state index is 16.2. The van der Waals surface area contributed by atoms with E-state index in [1.54, 1.807) is 6.07 Å². The normalized spacial score (nSPS) is 13.5. The van der Waals surface area contributed by atoms with E-state index in [1.165, 1.54) is 0 Å². The molecule has 2 aromatic heterocycles. The zero-order valence-corrected chi connectivity index (χ0v) is 50.4. The van der Waals surface area contributed by atoms with E-state index >= 15 is 26.3 Å². The molecular formula is C71H29F30N3. The van der Waals surface area contributed by atoms with Gasteiger partial charge in [-0.15, -0.1) is 0 Å². The summed E-state index contributed by atoms with van der Waals surface area (Å²) in [5.41, 5.74) is -37.8. The van der Waals surface area contributed by atoms with E-state index in [2.05, 4.69) is 0 Å². The number of hydrogen-bond acceptors (Lipinski definition) is 1. The van der Waals surface area contributed by atoms with Crippen molar-refractivity contribution in [2.24, 2.45) is 0 Å². The molecule has 0 bridgehead atoms. The number of hydrogen-bond donors (Lipinski definition) is 0. The third-order valence-corrected chi connectivity index (χ3v) is 16.9. The van der Waals surface area contributed by atoms with Crippen LogP contribution in [0.4, 0.5) is 132 Å². The maximum absolute atomic E-state index is 16.2. The van der Waals surface area contributed by atoms with Crippen LogP contribution in [0.5, 0.6) is 0 Å². The SMILES string of the molecule is N#Cc1cc(-n2c3cc(-c4cc(C(F)(F)F)cc(C(F)(F)F)c4)ccc3c3ccc(-c4cc(C(F)(F)F)cc(C(F)(F)F)c4)cc32)c(-c2c(C(F)(F)F)cccc2C(F)(F)F)c(-n2c3cc(-c4cc(C(F)(F)F)cc(C(F)(F)F)c4)ccc3c3ccc(-c4cc(C(F)(F)F)cc(C(F)(F)F)c4)cc32)c1. The first-order valence-corrected chi connectivity index (χ1v) is 29.0. The minimum Gasteiger partial charge on any atom is -0.308 e. The number of benzene rings is 10. The molecule has 0 radical (unpaired) electrons. The zero-order chi connectivity index (χ0) is 76.3. The molecule has 0 spiro atoms. The van der Waals surface area contributed by atoms with Crippen LogP contribution >= 0.6 is 0 Å². The molecule has 0 N–H and O–H groups in total. The van der Waals surface area contributed by atoms with Crippen LogP contribution in [-0.4, -0.2) is 9.13 Å². The van der Waals surface area contributed by atoms with E-state index in [-0.39, 0.29) is 91.0 Å². The summed E-state index contributed by atoms with van der Waals surface area (Å²) in [7, 11) is 0. The van der Waals surface area contributed by atoms with E-state index in [1.807, 2.05) is 0 Å². The molecule has 3 nitrogen and oxygen atoms in total. The standard InChI is InChI=1S/C71H29F30N3/c72-62(73,74)40-14-36(15-41(26-40)63(75,76)77)32-4-8-48-49-9-5-33(37-16-42(64(78,79)80)27-43(17-37)65(81,82)83)23-55(49)103(54(48)22-32)58-12-31(30-102)13-59(61(58)60-52(70(96,97)98)2-1-3-53(60)71(99,100)101)104-56-24-34(38-18-44(66(84,85)86)28-45(19-38)67(87,88)89)6-10-50(56)51-11-7-35(25-57(51)104)39-20-46(68(90,91)92)29-47(21-39)69(93,94)95/h1-29H. The van der Waals surface area contributed by atoms with Gasteiger partial charge >= 0.3 is 61.8 Å². The molecule has 2 heterocycles. The third kappa shape index (κ3) is 13.6. The van der Waals surface area contributed by atoms with Crippen LogP contribution < -0.4 is 0 Å². The molecule has 12 rings (SSSR count). The molecule has 0 saturated heterocycles. The summed E-state index contributed by atoms with van der Waals surface area (Å²) in [6.07, 6.45) is -56.9. The van der Waals surface area contributed by atoms with E-state index in [9.17, 15) is 111 Å². The highest BCUT2D eigenvalue weighted by Gasteiger charge is 2.46. The second kappa shape index (κ2) is 24.1. The molecule has 0 amide bonds. The molecular weight excluding hydrogens is 1460 g/mol. The lowest BCUT2D eigenvalue weighted by Gasteiger charge is -2.26. The Hall–Kier alpha value is -10.8. The third-order valence-electron chi connectivity index (χ3n) is 16.9. The fraction of sp³-hybridized carbons (Fsp3) is 0.141. The first kappa shape index (κ1) is 73.0. The van der Waals surface area contributed by atoms with Crippen LogP contribution in [0.3, 0.4) is 0 Å². The molecule has 0 atom stereocenters. The van der Waals surface area contributed by atoms with Gasteiger partial charge in [0.15, 0.2) is 0 Å². The molecule has 0 aliphatic rings. The summed E-state index contributed by atoms with van der Waals surface area (Å²) >= 11 is 0. The van der Waals surface area contributed by atoms with Gasteiger partial charge in [0.05, 0.1) is 101 Å². The number of nitrogens with zero attached hydrogens (tertiary/aromatic N) is 3. The van der Waals surface area contributed by atoms with E-state index in [0.29, 0.717) is 45.5 Å². The summed E-state index contributed by atoms with van der Waals surface area (Å²) in [5.74, 6) is 0. The Kier molecular flexibility index (Phi) is 16.9. The van der Waals surface area contributed by atoms with Crippen molar-refractivity contribution in [3.63, 3.8) is 0 Å². The van der Waals surface area contributed by atoms with Gasteiger partial charge in [0.25, 0.3) is 0 Å². The van der Waals surface area contributed by atoms with Crippen molar-refractivity contribution in [1.29, 1.82) is 5.26 Å². The Morgan fingerprint density at radius 1 is 0.221 bits per heavy atom. The van der Waals surface area contributed by atoms with Crippen LogP contribution in [0.2, 0.25) is 0 Å². The first-order chi connectivity index (χ1) is 47.8. The Morgan fingerprint density at radius 3 is 0.615 bits per heavy atom. The van der Waals surface area contributed by atoms with Gasteiger partial charge in [-0.05, 0) is 166 Å². The number of alkyl halides is 30. The number of halogens is 30. The lowest BCUT2D eigenvalue weighted by atomic mass is 9.89. The largest absolute Gasteiger partial charge is 0.417 e. The highest BCUT2D eigenvalue weighted by Crippen LogP contribution is 2.54. The van der Waals surface area contributed by atoms with Gasteiger partial charge in [0, 0.05) is 32.7 Å². The summed E-state index contributed by atoms with van der Waals surface area (Å²) in [6.45, 7) is 0. The van der Waals surface area contributed by atoms with Crippen LogP contribution in [0.25, 0.3) is 111 Å². The quantitative estimate of drug-likeness (QED) is 0.146. The number of fused-ring (bicyclic) bond motifs is 6. The topological polar surface area (TPSA) is 33.6 Å². The predicted molar refractivity (Wildman–Crippen MR) is 317 cm³/mol. The molecule has 33 heteroatoms. The van der Waals surface area contributed by atoms with Gasteiger partial charge in [-0.3, -0.25) is 0 Å². The Balaban J connectivity index is 1.34. The van der Waals surface area contributed by atoms with Crippen molar-refractivity contribution in [2.75, 3.05) is 0 Å². The fourth-order valence-electron chi connectivity index (χ4n) is 12.3. The van der Waals surface area contributed by atoms with Gasteiger partial charge in [0.2, 0.25) is 0 Å². The first-order valence-electron chi connectivity index (χ1n) is 29.0. The van der Waals surface area contributed by atoms with Crippen molar-refractivity contribution >= 4 is 43.6 Å². The predicted octanol–water partition coefficient (Wildman–Crippen LogP) is 26.3. The summed E-state index contributed by atoms with van der Waals surface area (Å²) < 4.78 is 448. The number of rotatable bonds is 7. The summed E-state index contributed by atoms with van der Waals surface area (Å²) in [6, 6.07) is 12.3. The van der Waals surface area contributed by atoms with Crippen LogP contribution in [0, 0.1) is 11.3 Å². The average Bonchev–Trinajstić information content (AvgIpc) is 1.50. The molecule has 0 aliphatic carbocycles. The van der Waals surface area contributed by atoms with Crippen molar-refractivity contribution in [3.05, 3.63) is 237 Å². The molecule has 0 fully saturated rings. The van der Waals surface area contributed by atoms with Crippen molar-refractivity contribution < 1.29 is 132 Å². The van der Waals surface area contributed by atoms with Gasteiger partial charge in [-0.2, -0.15) is 137 Å². The lowest BCUT2D eigenvalue weighted by molar-refractivity contribution is -0.144. The van der Waals surface area contributed by atoms with Crippen molar-refractivity contribution in [3.8, 4) is 73.1 Å². The van der Waals surface area contributed by atoms with E-state index < -0.39 is 234 Å². The smallest absolute Gasteiger partial charge is 0.308 e. The summed E-state index contributed by atoms with van der Waals surface area (Å²) in [4.78, 5) is 0. The van der Waals surface area contributed by atoms with E-state index in [0.717, 1.165) is 48.5 Å². The van der Waals surface area contributed by atoms with Crippen LogP contribution in [-0.2, 0) is 61.8 Å². The molecule has 538 valence electrons. The molecule has 0 aliphatic heterocycles. The average molecular weight is 1490 g/mol. The number of nitriles is 1.